The Labute approximate surface area is 202 Å². The predicted molar refractivity (Wildman–Crippen MR) is 135 cm³/mol. The molecule has 0 aromatic heterocycles. The van der Waals surface area contributed by atoms with Crippen molar-refractivity contribution in [2.45, 2.75) is 119 Å². The van der Waals surface area contributed by atoms with Crippen LogP contribution in [-0.4, -0.2) is 28.2 Å². The van der Waals surface area contributed by atoms with Crippen LogP contribution in [0.1, 0.15) is 107 Å². The SMILES string of the molecule is CC(C)=C[C@H](O)C[C@H](C)[C@H]1CC[C@]2(C)C3=C(CC[C@@]12C)[C@@]1(C)CCC(=O)C(C)(C)[C@@H]1C[C@H]3O. The number of carbonyl (C=O) groups excluding carboxylic acids is 1. The van der Waals surface area contributed by atoms with Crippen molar-refractivity contribution in [1.29, 1.82) is 0 Å². The zero-order chi connectivity index (χ0) is 24.6. The van der Waals surface area contributed by atoms with Gasteiger partial charge in [0.1, 0.15) is 5.78 Å². The molecule has 2 N–H and O–H groups in total. The van der Waals surface area contributed by atoms with E-state index < -0.39 is 6.10 Å². The first-order valence-electron chi connectivity index (χ1n) is 13.5. The Morgan fingerprint density at radius 2 is 1.76 bits per heavy atom. The van der Waals surface area contributed by atoms with Crippen molar-refractivity contribution >= 4 is 5.78 Å². The molecule has 4 aliphatic rings. The van der Waals surface area contributed by atoms with Crippen LogP contribution in [0.3, 0.4) is 0 Å². The smallest absolute Gasteiger partial charge is 0.138 e. The number of ketones is 1. The first kappa shape index (κ1) is 25.2. The van der Waals surface area contributed by atoms with E-state index in [1.807, 2.05) is 6.08 Å². The zero-order valence-corrected chi connectivity index (χ0v) is 22.4. The lowest BCUT2D eigenvalue weighted by Crippen LogP contribution is -2.57. The van der Waals surface area contributed by atoms with Crippen LogP contribution in [0.2, 0.25) is 0 Å². The molecule has 2 saturated carbocycles. The summed E-state index contributed by atoms with van der Waals surface area (Å²) in [5.74, 6) is 1.60. The number of rotatable bonds is 4. The lowest BCUT2D eigenvalue weighted by molar-refractivity contribution is -0.141. The molecule has 0 amide bonds. The summed E-state index contributed by atoms with van der Waals surface area (Å²) in [6.45, 7) is 18.0. The van der Waals surface area contributed by atoms with Crippen molar-refractivity contribution < 1.29 is 15.0 Å². The summed E-state index contributed by atoms with van der Waals surface area (Å²) in [5, 5.41) is 22.3. The molecule has 0 spiro atoms. The molecule has 0 unspecified atom stereocenters. The number of carbonyl (C=O) groups is 1. The second kappa shape index (κ2) is 8.05. The summed E-state index contributed by atoms with van der Waals surface area (Å²) >= 11 is 0. The molecule has 0 radical (unpaired) electrons. The summed E-state index contributed by atoms with van der Waals surface area (Å²) in [4.78, 5) is 12.8. The average molecular weight is 457 g/mol. The van der Waals surface area contributed by atoms with Gasteiger partial charge in [-0.05, 0) is 98.4 Å². The summed E-state index contributed by atoms with van der Waals surface area (Å²) in [6.07, 6.45) is 8.82. The van der Waals surface area contributed by atoms with Gasteiger partial charge < -0.3 is 10.2 Å². The summed E-state index contributed by atoms with van der Waals surface area (Å²) in [7, 11) is 0. The zero-order valence-electron chi connectivity index (χ0n) is 22.4. The van der Waals surface area contributed by atoms with Gasteiger partial charge in [0.05, 0.1) is 12.2 Å². The van der Waals surface area contributed by atoms with Gasteiger partial charge in [0.2, 0.25) is 0 Å². The molecule has 33 heavy (non-hydrogen) atoms. The summed E-state index contributed by atoms with van der Waals surface area (Å²) in [6, 6.07) is 0. The molecule has 0 aromatic carbocycles. The Hall–Kier alpha value is -0.930. The van der Waals surface area contributed by atoms with Gasteiger partial charge >= 0.3 is 0 Å². The van der Waals surface area contributed by atoms with Crippen molar-refractivity contribution in [2.75, 3.05) is 0 Å². The van der Waals surface area contributed by atoms with E-state index in [4.69, 9.17) is 0 Å². The van der Waals surface area contributed by atoms with Crippen LogP contribution in [0.4, 0.5) is 0 Å². The standard InChI is InChI=1S/C30H48O3/c1-18(2)15-20(31)16-19(3)21-9-14-30(8)26-22(10-13-29(21,30)7)28(6)12-11-25(33)27(4,5)24(28)17-23(26)32/h15,19-21,23-24,31-32H,9-14,16-17H2,1-8H3/t19-,20-,21+,23+,24-,28+,29-,30+/m0/s1. The fraction of sp³-hybridized carbons (Fsp3) is 0.833. The van der Waals surface area contributed by atoms with Crippen molar-refractivity contribution in [2.24, 2.45) is 39.4 Å². The van der Waals surface area contributed by atoms with Crippen LogP contribution >= 0.6 is 0 Å². The Kier molecular flexibility index (Phi) is 6.14. The maximum atomic E-state index is 12.8. The van der Waals surface area contributed by atoms with Crippen LogP contribution in [0.25, 0.3) is 0 Å². The minimum Gasteiger partial charge on any atom is -0.389 e. The summed E-state index contributed by atoms with van der Waals surface area (Å²) in [5.41, 5.74) is 3.83. The molecule has 4 rings (SSSR count). The van der Waals surface area contributed by atoms with E-state index >= 15 is 0 Å². The van der Waals surface area contributed by atoms with Gasteiger partial charge in [0.15, 0.2) is 0 Å². The Morgan fingerprint density at radius 1 is 1.09 bits per heavy atom. The van der Waals surface area contributed by atoms with E-state index in [0.717, 1.165) is 38.5 Å². The highest BCUT2D eigenvalue weighted by molar-refractivity contribution is 5.85. The van der Waals surface area contributed by atoms with Crippen LogP contribution in [0.15, 0.2) is 22.8 Å². The lowest BCUT2D eigenvalue weighted by atomic mass is 9.43. The maximum absolute atomic E-state index is 12.8. The van der Waals surface area contributed by atoms with Gasteiger partial charge in [-0.2, -0.15) is 0 Å². The number of aliphatic hydroxyl groups excluding tert-OH is 2. The second-order valence-corrected chi connectivity index (χ2v) is 13.7. The molecule has 2 fully saturated rings. The number of hydrogen-bond donors (Lipinski definition) is 2. The van der Waals surface area contributed by atoms with Gasteiger partial charge in [-0.25, -0.2) is 0 Å². The van der Waals surface area contributed by atoms with Gasteiger partial charge in [-0.3, -0.25) is 4.79 Å². The molecule has 3 nitrogen and oxygen atoms in total. The number of fused-ring (bicyclic) bond motifs is 4. The minimum absolute atomic E-state index is 0.0000295. The fourth-order valence-electron chi connectivity index (χ4n) is 9.40. The first-order chi connectivity index (χ1) is 15.2. The van der Waals surface area contributed by atoms with E-state index in [1.54, 1.807) is 0 Å². The summed E-state index contributed by atoms with van der Waals surface area (Å²) < 4.78 is 0. The number of Topliss-reactive ketones (excluding diaryl/α,β-unsaturated/α-hetero) is 1. The quantitative estimate of drug-likeness (QED) is 0.467. The van der Waals surface area contributed by atoms with E-state index in [9.17, 15) is 15.0 Å². The predicted octanol–water partition coefficient (Wildman–Crippen LogP) is 6.63. The third-order valence-corrected chi connectivity index (χ3v) is 11.4. The highest BCUT2D eigenvalue weighted by Crippen LogP contribution is 2.72. The van der Waals surface area contributed by atoms with Crippen LogP contribution in [0, 0.1) is 39.4 Å². The van der Waals surface area contributed by atoms with Gasteiger partial charge in [0.25, 0.3) is 0 Å². The number of hydrogen-bond acceptors (Lipinski definition) is 3. The molecular weight excluding hydrogens is 408 g/mol. The second-order valence-electron chi connectivity index (χ2n) is 13.7. The first-order valence-corrected chi connectivity index (χ1v) is 13.5. The number of allylic oxidation sites excluding steroid dienone is 2. The normalized spacial score (nSPS) is 43.9. The van der Waals surface area contributed by atoms with Crippen molar-refractivity contribution in [3.63, 3.8) is 0 Å². The molecule has 8 atom stereocenters. The molecule has 0 heterocycles. The molecule has 3 heteroatoms. The highest BCUT2D eigenvalue weighted by Gasteiger charge is 2.65. The topological polar surface area (TPSA) is 57.5 Å². The molecule has 4 aliphatic carbocycles. The average Bonchev–Trinajstić information content (AvgIpc) is 2.97. The third-order valence-electron chi connectivity index (χ3n) is 11.4. The third kappa shape index (κ3) is 3.54. The van der Waals surface area contributed by atoms with E-state index in [1.165, 1.54) is 23.1 Å². The van der Waals surface area contributed by atoms with Gasteiger partial charge in [-0.1, -0.05) is 58.8 Å². The fourth-order valence-corrected chi connectivity index (χ4v) is 9.40. The molecular formula is C30H48O3. The minimum atomic E-state index is -0.432. The monoisotopic (exact) mass is 456 g/mol. The van der Waals surface area contributed by atoms with E-state index in [-0.39, 0.29) is 33.7 Å². The van der Waals surface area contributed by atoms with Gasteiger partial charge in [-0.15, -0.1) is 0 Å². The van der Waals surface area contributed by atoms with Crippen LogP contribution in [0.5, 0.6) is 0 Å². The number of aliphatic hydroxyl groups is 2. The van der Waals surface area contributed by atoms with E-state index in [2.05, 4.69) is 55.4 Å². The molecule has 0 aliphatic heterocycles. The van der Waals surface area contributed by atoms with Crippen LogP contribution < -0.4 is 0 Å². The Bertz CT molecular complexity index is 877. The largest absolute Gasteiger partial charge is 0.389 e. The Morgan fingerprint density at radius 3 is 2.39 bits per heavy atom. The molecule has 186 valence electrons. The van der Waals surface area contributed by atoms with Crippen molar-refractivity contribution in [3.05, 3.63) is 22.8 Å². The van der Waals surface area contributed by atoms with Gasteiger partial charge in [0, 0.05) is 11.8 Å². The highest BCUT2D eigenvalue weighted by atomic mass is 16.3. The van der Waals surface area contributed by atoms with Crippen LogP contribution in [-0.2, 0) is 4.79 Å². The molecule has 0 saturated heterocycles. The maximum Gasteiger partial charge on any atom is 0.138 e. The molecule has 0 bridgehead atoms. The van der Waals surface area contributed by atoms with Crippen molar-refractivity contribution in [3.8, 4) is 0 Å². The molecule has 0 aromatic rings. The Balaban J connectivity index is 1.70. The lowest BCUT2D eigenvalue weighted by Gasteiger charge is -2.61. The van der Waals surface area contributed by atoms with Crippen molar-refractivity contribution in [1.82, 2.24) is 0 Å². The van der Waals surface area contributed by atoms with E-state index in [0.29, 0.717) is 24.0 Å².